The van der Waals surface area contributed by atoms with Crippen molar-refractivity contribution in [2.75, 3.05) is 19.0 Å². The van der Waals surface area contributed by atoms with Crippen molar-refractivity contribution in [1.82, 2.24) is 9.88 Å². The third kappa shape index (κ3) is 4.94. The van der Waals surface area contributed by atoms with E-state index in [-0.39, 0.29) is 24.9 Å². The minimum absolute atomic E-state index is 0.0267. The molecule has 34 heavy (non-hydrogen) atoms. The van der Waals surface area contributed by atoms with Crippen molar-refractivity contribution in [2.24, 2.45) is 0 Å². The molecule has 9 heteroatoms. The Hall–Kier alpha value is -3.72. The maximum Gasteiger partial charge on any atom is 0.413 e. The molecule has 1 aliphatic rings. The summed E-state index contributed by atoms with van der Waals surface area (Å²) in [6, 6.07) is 15.4. The topological polar surface area (TPSA) is 109 Å². The molecule has 3 aromatic rings. The number of likely N-dealkylation sites (N-methyl/N-ethyl adjacent to an activating group) is 1. The molecule has 1 heterocycles. The van der Waals surface area contributed by atoms with Crippen LogP contribution in [-0.2, 0) is 20.7 Å². The van der Waals surface area contributed by atoms with Crippen molar-refractivity contribution < 1.29 is 24.2 Å². The molecule has 0 radical (unpaired) electrons. The number of fused-ring (bicyclic) bond motifs is 3. The zero-order valence-electron chi connectivity index (χ0n) is 18.9. The summed E-state index contributed by atoms with van der Waals surface area (Å²) in [5, 5.41) is 12.1. The first-order valence-electron chi connectivity index (χ1n) is 10.9. The van der Waals surface area contributed by atoms with Gasteiger partial charge in [0, 0.05) is 30.5 Å². The number of aryl methyl sites for hydroxylation is 1. The molecule has 2 amide bonds. The Morgan fingerprint density at radius 2 is 1.74 bits per heavy atom. The lowest BCUT2D eigenvalue weighted by Crippen LogP contribution is -2.40. The number of aromatic nitrogens is 1. The Labute approximate surface area is 201 Å². The predicted octanol–water partition coefficient (Wildman–Crippen LogP) is 4.37. The van der Waals surface area contributed by atoms with Gasteiger partial charge >= 0.3 is 12.1 Å². The van der Waals surface area contributed by atoms with Gasteiger partial charge in [0.15, 0.2) is 5.13 Å². The Morgan fingerprint density at radius 3 is 2.35 bits per heavy atom. The molecule has 0 saturated carbocycles. The van der Waals surface area contributed by atoms with Gasteiger partial charge in [-0.3, -0.25) is 10.1 Å². The number of carboxylic acid groups (broad SMARTS) is 1. The lowest BCUT2D eigenvalue weighted by Gasteiger charge is -2.21. The van der Waals surface area contributed by atoms with Crippen LogP contribution in [0.2, 0.25) is 0 Å². The fourth-order valence-corrected chi connectivity index (χ4v) is 4.79. The van der Waals surface area contributed by atoms with Crippen molar-refractivity contribution >= 4 is 34.4 Å². The highest BCUT2D eigenvalue weighted by Gasteiger charge is 2.29. The third-order valence-corrected chi connectivity index (χ3v) is 7.00. The number of nitrogens with one attached hydrogen (secondary N) is 1. The van der Waals surface area contributed by atoms with E-state index in [4.69, 9.17) is 9.84 Å². The zero-order valence-corrected chi connectivity index (χ0v) is 19.7. The maximum absolute atomic E-state index is 12.4. The van der Waals surface area contributed by atoms with Gasteiger partial charge in [-0.25, -0.2) is 14.6 Å². The van der Waals surface area contributed by atoms with E-state index in [9.17, 15) is 14.4 Å². The molecule has 1 atom stereocenters. The predicted molar refractivity (Wildman–Crippen MR) is 129 cm³/mol. The molecule has 0 fully saturated rings. The first-order chi connectivity index (χ1) is 16.3. The van der Waals surface area contributed by atoms with E-state index in [2.05, 4.69) is 34.6 Å². The molecule has 4 rings (SSSR count). The van der Waals surface area contributed by atoms with E-state index < -0.39 is 18.1 Å². The number of carbonyl (C=O) groups excluding carboxylic acids is 2. The number of hydrogen-bond acceptors (Lipinski definition) is 6. The Kier molecular flexibility index (Phi) is 6.93. The van der Waals surface area contributed by atoms with Gasteiger partial charge in [0.05, 0.1) is 0 Å². The second kappa shape index (κ2) is 10.0. The van der Waals surface area contributed by atoms with E-state index in [1.54, 1.807) is 6.20 Å². The molecule has 0 saturated heterocycles. The molecule has 1 aromatic heterocycles. The van der Waals surface area contributed by atoms with Crippen LogP contribution in [0.1, 0.15) is 35.3 Å². The molecule has 0 aliphatic heterocycles. The van der Waals surface area contributed by atoms with Crippen LogP contribution in [0.4, 0.5) is 9.93 Å². The number of anilines is 1. The van der Waals surface area contributed by atoms with Gasteiger partial charge in [-0.15, -0.1) is 11.3 Å². The summed E-state index contributed by atoms with van der Waals surface area (Å²) in [6.45, 7) is 1.67. The highest BCUT2D eigenvalue weighted by molar-refractivity contribution is 7.15. The Morgan fingerprint density at radius 1 is 1.12 bits per heavy atom. The van der Waals surface area contributed by atoms with Gasteiger partial charge in [-0.2, -0.15) is 0 Å². The summed E-state index contributed by atoms with van der Waals surface area (Å²) in [4.78, 5) is 41.8. The number of nitrogens with zero attached hydrogens (tertiary/aromatic N) is 2. The highest BCUT2D eigenvalue weighted by Crippen LogP contribution is 2.44. The van der Waals surface area contributed by atoms with Crippen molar-refractivity contribution in [3.05, 3.63) is 70.7 Å². The largest absolute Gasteiger partial charge is 0.480 e. The zero-order chi connectivity index (χ0) is 24.2. The number of rotatable bonds is 8. The normalized spacial score (nSPS) is 13.0. The third-order valence-electron chi connectivity index (χ3n) is 6.02. The molecule has 1 aliphatic carbocycles. The van der Waals surface area contributed by atoms with Gasteiger partial charge in [0.25, 0.3) is 0 Å². The van der Waals surface area contributed by atoms with E-state index in [0.717, 1.165) is 27.1 Å². The van der Waals surface area contributed by atoms with E-state index in [1.165, 1.54) is 30.2 Å². The van der Waals surface area contributed by atoms with Crippen molar-refractivity contribution in [2.45, 2.75) is 31.7 Å². The van der Waals surface area contributed by atoms with Crippen LogP contribution in [0.3, 0.4) is 0 Å². The molecule has 2 aromatic carbocycles. The molecular weight excluding hydrogens is 454 g/mol. The Bertz CT molecular complexity index is 1180. The molecular formula is C25H25N3O5S. The van der Waals surface area contributed by atoms with Gasteiger partial charge in [-0.1, -0.05) is 48.5 Å². The fraction of sp³-hybridized carbons (Fsp3) is 0.280. The minimum Gasteiger partial charge on any atom is -0.480 e. The summed E-state index contributed by atoms with van der Waals surface area (Å²) in [5.41, 5.74) is 4.60. The van der Waals surface area contributed by atoms with Gasteiger partial charge in [0.2, 0.25) is 5.91 Å². The monoisotopic (exact) mass is 479 g/mol. The summed E-state index contributed by atoms with van der Waals surface area (Å²) in [5.74, 6) is -1.35. The molecule has 176 valence electrons. The SMILES string of the molecule is C[C@@H](C(=O)O)N(C)C(=O)CCc1cnc(NC(=O)OCC2c3ccccc3-c3ccccc32)s1. The maximum atomic E-state index is 12.4. The molecule has 0 unspecified atom stereocenters. The average Bonchev–Trinajstić information content (AvgIpc) is 3.42. The van der Waals surface area contributed by atoms with Gasteiger partial charge < -0.3 is 14.7 Å². The molecule has 0 spiro atoms. The first kappa shape index (κ1) is 23.4. The average molecular weight is 480 g/mol. The summed E-state index contributed by atoms with van der Waals surface area (Å²) in [7, 11) is 1.47. The van der Waals surface area contributed by atoms with Crippen LogP contribution in [0.5, 0.6) is 0 Å². The van der Waals surface area contributed by atoms with Crippen LogP contribution < -0.4 is 5.32 Å². The number of benzene rings is 2. The van der Waals surface area contributed by atoms with Crippen LogP contribution in [0, 0.1) is 0 Å². The second-order valence-corrected chi connectivity index (χ2v) is 9.22. The smallest absolute Gasteiger partial charge is 0.413 e. The summed E-state index contributed by atoms with van der Waals surface area (Å²) < 4.78 is 5.53. The van der Waals surface area contributed by atoms with E-state index in [1.807, 2.05) is 24.3 Å². The van der Waals surface area contributed by atoms with Crippen molar-refractivity contribution in [1.29, 1.82) is 0 Å². The highest BCUT2D eigenvalue weighted by atomic mass is 32.1. The number of amides is 2. The number of hydrogen-bond donors (Lipinski definition) is 2. The lowest BCUT2D eigenvalue weighted by atomic mass is 9.98. The Balaban J connectivity index is 1.30. The molecule has 8 nitrogen and oxygen atoms in total. The van der Waals surface area contributed by atoms with Crippen LogP contribution >= 0.6 is 11.3 Å². The number of ether oxygens (including phenoxy) is 1. The molecule has 2 N–H and O–H groups in total. The fourth-order valence-electron chi connectivity index (χ4n) is 3.99. The van der Waals surface area contributed by atoms with E-state index in [0.29, 0.717) is 11.6 Å². The number of thiazole rings is 1. The molecule has 0 bridgehead atoms. The minimum atomic E-state index is -1.05. The summed E-state index contributed by atoms with van der Waals surface area (Å²) in [6.07, 6.45) is 1.56. The number of carboxylic acids is 1. The van der Waals surface area contributed by atoms with Crippen LogP contribution in [-0.4, -0.2) is 52.7 Å². The quantitative estimate of drug-likeness (QED) is 0.497. The standard InChI is InChI=1S/C25H25N3O5S/c1-15(23(30)31)28(2)22(29)12-11-16-13-26-24(34-16)27-25(32)33-14-21-19-9-5-3-7-17(19)18-8-4-6-10-20(18)21/h3-10,13,15,21H,11-12,14H2,1-2H3,(H,30,31)(H,26,27,32)/t15-/m0/s1. The second-order valence-electron chi connectivity index (χ2n) is 8.10. The number of carbonyl (C=O) groups is 3. The van der Waals surface area contributed by atoms with Crippen LogP contribution in [0.25, 0.3) is 11.1 Å². The summed E-state index contributed by atoms with van der Waals surface area (Å²) >= 11 is 1.25. The number of aliphatic carboxylic acids is 1. The first-order valence-corrected chi connectivity index (χ1v) is 11.7. The van der Waals surface area contributed by atoms with Crippen molar-refractivity contribution in [3.8, 4) is 11.1 Å². The lowest BCUT2D eigenvalue weighted by molar-refractivity contribution is -0.148. The van der Waals surface area contributed by atoms with E-state index >= 15 is 0 Å². The van der Waals surface area contributed by atoms with Gasteiger partial charge in [-0.05, 0) is 35.6 Å². The van der Waals surface area contributed by atoms with Crippen molar-refractivity contribution in [3.63, 3.8) is 0 Å². The van der Waals surface area contributed by atoms with Crippen LogP contribution in [0.15, 0.2) is 54.7 Å². The van der Waals surface area contributed by atoms with Gasteiger partial charge in [0.1, 0.15) is 12.6 Å².